The Labute approximate surface area is 109 Å². The van der Waals surface area contributed by atoms with Crippen LogP contribution in [0.25, 0.3) is 0 Å². The van der Waals surface area contributed by atoms with Gasteiger partial charge in [-0.05, 0) is 40.0 Å². The first kappa shape index (κ1) is 13.3. The molecule has 0 bridgehead atoms. The molecule has 4 nitrogen and oxygen atoms in total. The molecule has 0 aliphatic carbocycles. The van der Waals surface area contributed by atoms with E-state index < -0.39 is 0 Å². The van der Waals surface area contributed by atoms with Crippen LogP contribution in [0.2, 0.25) is 0 Å². The maximum absolute atomic E-state index is 9.85. The van der Waals surface area contributed by atoms with Crippen LogP contribution in [0.4, 0.5) is 0 Å². The number of rotatable bonds is 2. The summed E-state index contributed by atoms with van der Waals surface area (Å²) in [4.78, 5) is 9.21. The summed E-state index contributed by atoms with van der Waals surface area (Å²) in [6.07, 6.45) is 0. The van der Waals surface area contributed by atoms with Crippen LogP contribution in [-0.4, -0.2) is 52.1 Å². The second-order valence-corrected chi connectivity index (χ2v) is 5.48. The van der Waals surface area contributed by atoms with E-state index in [9.17, 15) is 5.11 Å². The van der Waals surface area contributed by atoms with Crippen LogP contribution in [0, 0.1) is 6.92 Å². The highest BCUT2D eigenvalue weighted by molar-refractivity contribution is 5.27. The maximum atomic E-state index is 9.85. The highest BCUT2D eigenvalue weighted by atomic mass is 16.3. The lowest BCUT2D eigenvalue weighted by atomic mass is 10.1. The molecule has 0 amide bonds. The van der Waals surface area contributed by atoms with E-state index in [1.165, 1.54) is 0 Å². The van der Waals surface area contributed by atoms with E-state index in [2.05, 4.69) is 35.7 Å². The molecule has 2 heterocycles. The predicted octanol–water partition coefficient (Wildman–Crippen LogP) is 1.62. The largest absolute Gasteiger partial charge is 0.506 e. The van der Waals surface area contributed by atoms with Crippen molar-refractivity contribution in [1.82, 2.24) is 14.8 Å². The van der Waals surface area contributed by atoms with Crippen LogP contribution >= 0.6 is 0 Å². The SMILES string of the molecule is Cc1ccc(O)c(CN2CC(C)N(C)C(C)C2)n1. The van der Waals surface area contributed by atoms with E-state index in [0.717, 1.165) is 31.0 Å². The van der Waals surface area contributed by atoms with E-state index in [1.54, 1.807) is 6.07 Å². The Hall–Kier alpha value is -1.13. The summed E-state index contributed by atoms with van der Waals surface area (Å²) in [5, 5.41) is 9.85. The van der Waals surface area contributed by atoms with Gasteiger partial charge in [-0.15, -0.1) is 0 Å². The zero-order chi connectivity index (χ0) is 13.3. The Morgan fingerprint density at radius 1 is 1.28 bits per heavy atom. The van der Waals surface area contributed by atoms with Gasteiger partial charge in [0, 0.05) is 37.4 Å². The monoisotopic (exact) mass is 249 g/mol. The molecule has 18 heavy (non-hydrogen) atoms. The molecule has 1 aromatic rings. The Morgan fingerprint density at radius 3 is 2.50 bits per heavy atom. The zero-order valence-electron chi connectivity index (χ0n) is 11.7. The number of aromatic nitrogens is 1. The van der Waals surface area contributed by atoms with Crippen molar-refractivity contribution in [2.75, 3.05) is 20.1 Å². The fourth-order valence-electron chi connectivity index (χ4n) is 2.57. The third-order valence-corrected chi connectivity index (χ3v) is 3.90. The van der Waals surface area contributed by atoms with Gasteiger partial charge in [-0.3, -0.25) is 14.8 Å². The second-order valence-electron chi connectivity index (χ2n) is 5.48. The minimum atomic E-state index is 0.305. The second kappa shape index (κ2) is 5.24. The van der Waals surface area contributed by atoms with E-state index >= 15 is 0 Å². The van der Waals surface area contributed by atoms with Gasteiger partial charge in [0.2, 0.25) is 0 Å². The third-order valence-electron chi connectivity index (χ3n) is 3.90. The van der Waals surface area contributed by atoms with Crippen molar-refractivity contribution in [3.63, 3.8) is 0 Å². The van der Waals surface area contributed by atoms with Crippen molar-refractivity contribution in [3.8, 4) is 5.75 Å². The summed E-state index contributed by atoms with van der Waals surface area (Å²) in [5.74, 6) is 0.305. The fourth-order valence-corrected chi connectivity index (χ4v) is 2.57. The zero-order valence-corrected chi connectivity index (χ0v) is 11.7. The molecule has 0 radical (unpaired) electrons. The summed E-state index contributed by atoms with van der Waals surface area (Å²) in [5.41, 5.74) is 1.75. The van der Waals surface area contributed by atoms with E-state index in [1.807, 2.05) is 13.0 Å². The van der Waals surface area contributed by atoms with Crippen LogP contribution < -0.4 is 0 Å². The average Bonchev–Trinajstić information content (AvgIpc) is 2.31. The smallest absolute Gasteiger partial charge is 0.138 e. The van der Waals surface area contributed by atoms with E-state index in [-0.39, 0.29) is 0 Å². The predicted molar refractivity (Wildman–Crippen MR) is 72.6 cm³/mol. The topological polar surface area (TPSA) is 39.6 Å². The molecule has 1 N–H and O–H groups in total. The lowest BCUT2D eigenvalue weighted by Crippen LogP contribution is -2.54. The molecule has 0 spiro atoms. The highest BCUT2D eigenvalue weighted by Gasteiger charge is 2.26. The molecular weight excluding hydrogens is 226 g/mol. The molecule has 1 aliphatic heterocycles. The molecule has 2 atom stereocenters. The van der Waals surface area contributed by atoms with Gasteiger partial charge >= 0.3 is 0 Å². The number of aromatic hydroxyl groups is 1. The molecule has 2 unspecified atom stereocenters. The van der Waals surface area contributed by atoms with E-state index in [0.29, 0.717) is 17.8 Å². The summed E-state index contributed by atoms with van der Waals surface area (Å²) in [6, 6.07) is 4.66. The van der Waals surface area contributed by atoms with Gasteiger partial charge in [0.25, 0.3) is 0 Å². The fraction of sp³-hybridized carbons (Fsp3) is 0.643. The van der Waals surface area contributed by atoms with Crippen molar-refractivity contribution < 1.29 is 5.11 Å². The summed E-state index contributed by atoms with van der Waals surface area (Å²) >= 11 is 0. The number of likely N-dealkylation sites (N-methyl/N-ethyl adjacent to an activating group) is 1. The lowest BCUT2D eigenvalue weighted by molar-refractivity contribution is 0.0544. The molecule has 2 rings (SSSR count). The molecule has 1 aliphatic rings. The summed E-state index contributed by atoms with van der Waals surface area (Å²) in [6.45, 7) is 9.22. The number of aryl methyl sites for hydroxylation is 1. The molecule has 0 saturated carbocycles. The summed E-state index contributed by atoms with van der Waals surface area (Å²) < 4.78 is 0. The van der Waals surface area contributed by atoms with Crippen molar-refractivity contribution in [3.05, 3.63) is 23.5 Å². The van der Waals surface area contributed by atoms with Gasteiger partial charge in [0.15, 0.2) is 0 Å². The number of pyridine rings is 1. The van der Waals surface area contributed by atoms with Crippen LogP contribution in [0.1, 0.15) is 25.2 Å². The molecule has 4 heteroatoms. The van der Waals surface area contributed by atoms with Crippen LogP contribution in [-0.2, 0) is 6.54 Å². The molecule has 1 fully saturated rings. The van der Waals surface area contributed by atoms with Crippen LogP contribution in [0.5, 0.6) is 5.75 Å². The normalized spacial score (nSPS) is 26.4. The quantitative estimate of drug-likeness (QED) is 0.864. The van der Waals surface area contributed by atoms with Crippen molar-refractivity contribution >= 4 is 0 Å². The van der Waals surface area contributed by atoms with Crippen LogP contribution in [0.15, 0.2) is 12.1 Å². The number of hydrogen-bond acceptors (Lipinski definition) is 4. The standard InChI is InChI=1S/C14H23N3O/c1-10-5-6-14(18)13(15-10)9-17-7-11(2)16(4)12(3)8-17/h5-6,11-12,18H,7-9H2,1-4H3. The van der Waals surface area contributed by atoms with Gasteiger partial charge in [-0.2, -0.15) is 0 Å². The van der Waals surface area contributed by atoms with Crippen molar-refractivity contribution in [2.24, 2.45) is 0 Å². The first-order valence-corrected chi connectivity index (χ1v) is 6.57. The number of nitrogens with zero attached hydrogens (tertiary/aromatic N) is 3. The minimum absolute atomic E-state index is 0.305. The van der Waals surface area contributed by atoms with Crippen molar-refractivity contribution in [1.29, 1.82) is 0 Å². The minimum Gasteiger partial charge on any atom is -0.506 e. The highest BCUT2D eigenvalue weighted by Crippen LogP contribution is 2.20. The third kappa shape index (κ3) is 2.82. The summed E-state index contributed by atoms with van der Waals surface area (Å²) in [7, 11) is 2.18. The molecule has 1 aromatic heterocycles. The first-order valence-electron chi connectivity index (χ1n) is 6.57. The van der Waals surface area contributed by atoms with E-state index in [4.69, 9.17) is 0 Å². The Kier molecular flexibility index (Phi) is 3.88. The average molecular weight is 249 g/mol. The maximum Gasteiger partial charge on any atom is 0.138 e. The van der Waals surface area contributed by atoms with Crippen molar-refractivity contribution in [2.45, 2.75) is 39.4 Å². The van der Waals surface area contributed by atoms with Gasteiger partial charge < -0.3 is 5.11 Å². The first-order chi connectivity index (χ1) is 8.47. The molecule has 0 aromatic carbocycles. The number of hydrogen-bond donors (Lipinski definition) is 1. The number of piperazine rings is 1. The molecule has 1 saturated heterocycles. The van der Waals surface area contributed by atoms with Gasteiger partial charge in [0.1, 0.15) is 5.75 Å². The molecular formula is C14H23N3O. The molecule has 100 valence electrons. The Balaban J connectivity index is 2.07. The Bertz CT molecular complexity index is 410. The van der Waals surface area contributed by atoms with Gasteiger partial charge in [-0.25, -0.2) is 0 Å². The van der Waals surface area contributed by atoms with Crippen LogP contribution in [0.3, 0.4) is 0 Å². The van der Waals surface area contributed by atoms with Gasteiger partial charge in [0.05, 0.1) is 5.69 Å². The lowest BCUT2D eigenvalue weighted by Gasteiger charge is -2.42. The Morgan fingerprint density at radius 2 is 1.89 bits per heavy atom. The van der Waals surface area contributed by atoms with Gasteiger partial charge in [-0.1, -0.05) is 0 Å².